The fourth-order valence-electron chi connectivity index (χ4n) is 8.22. The lowest BCUT2D eigenvalue weighted by Gasteiger charge is -2.40. The first-order valence-electron chi connectivity index (χ1n) is 18.2. The highest BCUT2D eigenvalue weighted by molar-refractivity contribution is 5.95. The molecular formula is C39H51N7O3. The van der Waals surface area contributed by atoms with Crippen LogP contribution in [0.2, 0.25) is 0 Å². The largest absolute Gasteiger partial charge is 0.393 e. The van der Waals surface area contributed by atoms with Crippen LogP contribution >= 0.6 is 0 Å². The highest BCUT2D eigenvalue weighted by Gasteiger charge is 2.42. The number of nitrogens with zero attached hydrogens (tertiary/aromatic N) is 4. The maximum atomic E-state index is 13.3. The van der Waals surface area contributed by atoms with Crippen LogP contribution < -0.4 is 25.8 Å². The van der Waals surface area contributed by atoms with E-state index in [-0.39, 0.29) is 30.0 Å². The zero-order valence-corrected chi connectivity index (χ0v) is 28.9. The van der Waals surface area contributed by atoms with Crippen molar-refractivity contribution in [2.75, 3.05) is 48.3 Å². The molecule has 3 aliphatic heterocycles. The van der Waals surface area contributed by atoms with Crippen LogP contribution in [0.25, 0.3) is 0 Å². The van der Waals surface area contributed by atoms with E-state index in [4.69, 9.17) is 4.98 Å². The third kappa shape index (κ3) is 7.86. The monoisotopic (exact) mass is 665 g/mol. The summed E-state index contributed by atoms with van der Waals surface area (Å²) in [5, 5.41) is 19.8. The van der Waals surface area contributed by atoms with Crippen molar-refractivity contribution in [3.05, 3.63) is 83.6 Å². The van der Waals surface area contributed by atoms with Gasteiger partial charge in [-0.2, -0.15) is 0 Å². The van der Waals surface area contributed by atoms with Crippen molar-refractivity contribution in [1.82, 2.24) is 20.5 Å². The third-order valence-electron chi connectivity index (χ3n) is 11.1. The van der Waals surface area contributed by atoms with E-state index in [1.807, 2.05) is 43.3 Å². The number of hydrogen-bond acceptors (Lipinski definition) is 8. The molecule has 3 aromatic rings. The number of hydrogen-bond donors (Lipinski definition) is 4. The van der Waals surface area contributed by atoms with Gasteiger partial charge in [-0.1, -0.05) is 18.2 Å². The number of carbonyl (C=O) groups excluding carboxylic acids is 2. The van der Waals surface area contributed by atoms with E-state index in [1.165, 1.54) is 5.69 Å². The second kappa shape index (κ2) is 14.8. The summed E-state index contributed by atoms with van der Waals surface area (Å²) in [5.41, 5.74) is 4.48. The highest BCUT2D eigenvalue weighted by Crippen LogP contribution is 2.39. The Hall–Kier alpha value is -4.15. The molecule has 1 aliphatic carbocycles. The van der Waals surface area contributed by atoms with Gasteiger partial charge in [-0.3, -0.25) is 9.59 Å². The number of piperidine rings is 1. The van der Waals surface area contributed by atoms with Crippen molar-refractivity contribution in [2.24, 2.45) is 0 Å². The maximum absolute atomic E-state index is 13.3. The summed E-state index contributed by atoms with van der Waals surface area (Å²) in [6.07, 6.45) is 8.92. The molecular weight excluding hydrogens is 614 g/mol. The molecule has 4 N–H and O–H groups in total. The molecule has 260 valence electrons. The quantitative estimate of drug-likeness (QED) is 0.254. The molecule has 2 amide bonds. The average molecular weight is 666 g/mol. The van der Waals surface area contributed by atoms with Gasteiger partial charge in [0.1, 0.15) is 5.82 Å². The molecule has 49 heavy (non-hydrogen) atoms. The van der Waals surface area contributed by atoms with Crippen molar-refractivity contribution >= 4 is 29.0 Å². The van der Waals surface area contributed by atoms with Gasteiger partial charge in [0.25, 0.3) is 11.8 Å². The lowest BCUT2D eigenvalue weighted by Crippen LogP contribution is -2.50. The van der Waals surface area contributed by atoms with E-state index in [0.29, 0.717) is 29.3 Å². The second-order valence-electron chi connectivity index (χ2n) is 14.6. The normalized spacial score (nSPS) is 26.2. The number of aliphatic hydroxyl groups is 1. The van der Waals surface area contributed by atoms with Crippen LogP contribution in [0.15, 0.2) is 66.9 Å². The standard InChI is InChI=1S/C39H51N7O3/c1-26(27-6-11-33(12-7-27)45-20-18-44(2)19-21-45)41-39(49)29-8-17-37(40-25-29)46-34-13-14-35(46)24-32(23-34)43-38(48)28-4-3-5-31(22-28)42-30-9-15-36(47)16-10-30/h3-8,11-12,17,22,25-26,30,32,34-36,42,47H,9-10,13-16,18-21,23-24H2,1-2H3,(H,41,49)(H,43,48)/t26-,30?,32?,34-,35+,36?/m0/s1. The zero-order chi connectivity index (χ0) is 33.9. The number of likely N-dealkylation sites (N-methyl/N-ethyl adjacent to an activating group) is 1. The number of fused-ring (bicyclic) bond motifs is 2. The molecule has 3 saturated heterocycles. The van der Waals surface area contributed by atoms with Crippen molar-refractivity contribution in [3.63, 3.8) is 0 Å². The average Bonchev–Trinajstić information content (AvgIpc) is 3.39. The number of pyridine rings is 1. The maximum Gasteiger partial charge on any atom is 0.253 e. The van der Waals surface area contributed by atoms with Gasteiger partial charge in [0.15, 0.2) is 0 Å². The van der Waals surface area contributed by atoms with Gasteiger partial charge in [-0.05, 0) is 113 Å². The first kappa shape index (κ1) is 33.4. The van der Waals surface area contributed by atoms with Gasteiger partial charge < -0.3 is 35.8 Å². The number of rotatable bonds is 9. The van der Waals surface area contributed by atoms with E-state index in [0.717, 1.165) is 94.6 Å². The minimum Gasteiger partial charge on any atom is -0.393 e. The Morgan fingerprint density at radius 2 is 1.53 bits per heavy atom. The Labute approximate surface area is 290 Å². The Bertz CT molecular complexity index is 1570. The van der Waals surface area contributed by atoms with Gasteiger partial charge in [0.05, 0.1) is 17.7 Å². The first-order chi connectivity index (χ1) is 23.8. The number of aliphatic hydroxyl groups excluding tert-OH is 1. The number of piperazine rings is 1. The molecule has 7 rings (SSSR count). The Morgan fingerprint density at radius 3 is 2.20 bits per heavy atom. The molecule has 1 aromatic heterocycles. The van der Waals surface area contributed by atoms with Crippen LogP contribution in [-0.4, -0.2) is 90.3 Å². The van der Waals surface area contributed by atoms with Crippen LogP contribution in [0.3, 0.4) is 0 Å². The number of amides is 2. The summed E-state index contributed by atoms with van der Waals surface area (Å²) >= 11 is 0. The van der Waals surface area contributed by atoms with E-state index in [9.17, 15) is 14.7 Å². The van der Waals surface area contributed by atoms with Crippen molar-refractivity contribution < 1.29 is 14.7 Å². The molecule has 4 aliphatic rings. The molecule has 1 saturated carbocycles. The molecule has 10 nitrogen and oxygen atoms in total. The Balaban J connectivity index is 0.906. The molecule has 4 fully saturated rings. The van der Waals surface area contributed by atoms with Crippen molar-refractivity contribution in [3.8, 4) is 0 Å². The van der Waals surface area contributed by atoms with Crippen molar-refractivity contribution in [2.45, 2.75) is 94.6 Å². The van der Waals surface area contributed by atoms with E-state index < -0.39 is 0 Å². The summed E-state index contributed by atoms with van der Waals surface area (Å²) in [5.74, 6) is 0.737. The van der Waals surface area contributed by atoms with Gasteiger partial charge in [-0.25, -0.2) is 4.98 Å². The van der Waals surface area contributed by atoms with Gasteiger partial charge in [-0.15, -0.1) is 0 Å². The smallest absolute Gasteiger partial charge is 0.253 e. The summed E-state index contributed by atoms with van der Waals surface area (Å²) in [6.45, 7) is 6.22. The van der Waals surface area contributed by atoms with Gasteiger partial charge in [0, 0.05) is 73.5 Å². The number of benzene rings is 2. The van der Waals surface area contributed by atoms with E-state index in [1.54, 1.807) is 6.20 Å². The predicted octanol–water partition coefficient (Wildman–Crippen LogP) is 4.97. The first-order valence-corrected chi connectivity index (χ1v) is 18.2. The number of aromatic nitrogens is 1. The molecule has 0 spiro atoms. The topological polar surface area (TPSA) is 113 Å². The number of nitrogens with one attached hydrogen (secondary N) is 3. The summed E-state index contributed by atoms with van der Waals surface area (Å²) in [4.78, 5) is 38.4. The molecule has 1 unspecified atom stereocenters. The lowest BCUT2D eigenvalue weighted by atomic mass is 9.93. The fraction of sp³-hybridized carbons (Fsp3) is 0.513. The SMILES string of the molecule is C[C@H](NC(=O)c1ccc(N2[C@@H]3CC[C@H]2CC(NC(=O)c2cccc(NC4CCC(O)CC4)c2)C3)nc1)c1ccc(N2CCN(C)CC2)cc1. The number of carbonyl (C=O) groups is 2. The zero-order valence-electron chi connectivity index (χ0n) is 28.9. The predicted molar refractivity (Wildman–Crippen MR) is 194 cm³/mol. The summed E-state index contributed by atoms with van der Waals surface area (Å²) in [6, 6.07) is 21.1. The van der Waals surface area contributed by atoms with Crippen LogP contribution in [0.1, 0.15) is 90.6 Å². The number of anilines is 3. The minimum absolute atomic E-state index is 0.0331. The molecule has 2 bridgehead atoms. The Kier molecular flexibility index (Phi) is 10.0. The Morgan fingerprint density at radius 1 is 0.816 bits per heavy atom. The van der Waals surface area contributed by atoms with Crippen LogP contribution in [-0.2, 0) is 0 Å². The minimum atomic E-state index is -0.186. The van der Waals surface area contributed by atoms with Crippen molar-refractivity contribution in [1.29, 1.82) is 0 Å². The van der Waals surface area contributed by atoms with Gasteiger partial charge >= 0.3 is 0 Å². The lowest BCUT2D eigenvalue weighted by molar-refractivity contribution is 0.0923. The molecule has 2 aromatic carbocycles. The van der Waals surface area contributed by atoms with Crippen LogP contribution in [0.4, 0.5) is 17.2 Å². The van der Waals surface area contributed by atoms with E-state index >= 15 is 0 Å². The highest BCUT2D eigenvalue weighted by atomic mass is 16.3. The van der Waals surface area contributed by atoms with Crippen LogP contribution in [0.5, 0.6) is 0 Å². The van der Waals surface area contributed by atoms with E-state index in [2.05, 4.69) is 62.0 Å². The summed E-state index contributed by atoms with van der Waals surface area (Å²) < 4.78 is 0. The second-order valence-corrected chi connectivity index (χ2v) is 14.6. The summed E-state index contributed by atoms with van der Waals surface area (Å²) in [7, 11) is 2.16. The fourth-order valence-corrected chi connectivity index (χ4v) is 8.22. The molecule has 4 atom stereocenters. The third-order valence-corrected chi connectivity index (χ3v) is 11.1. The van der Waals surface area contributed by atoms with Crippen LogP contribution in [0, 0.1) is 0 Å². The molecule has 0 radical (unpaired) electrons. The van der Waals surface area contributed by atoms with Gasteiger partial charge in [0.2, 0.25) is 0 Å². The molecule has 10 heteroatoms. The molecule has 4 heterocycles.